The highest BCUT2D eigenvalue weighted by Gasteiger charge is 2.49. The molecule has 2 heterocycles. The molecule has 0 saturated heterocycles. The second-order valence-corrected chi connectivity index (χ2v) is 24.9. The molecule has 0 fully saturated rings. The van der Waals surface area contributed by atoms with E-state index in [1.165, 1.54) is 66.6 Å². The fourth-order valence-corrected chi connectivity index (χ4v) is 14.0. The smallest absolute Gasteiger partial charge is 0.252 e. The van der Waals surface area contributed by atoms with Crippen molar-refractivity contribution in [1.29, 1.82) is 0 Å². The zero-order valence-corrected chi connectivity index (χ0v) is 41.7. The van der Waals surface area contributed by atoms with Crippen LogP contribution >= 0.6 is 0 Å². The van der Waals surface area contributed by atoms with E-state index in [-0.39, 0.29) is 39.2 Å². The first-order chi connectivity index (χ1) is 31.6. The Labute approximate surface area is 396 Å². The molecular formula is C62H71BN2. The Morgan fingerprint density at radius 2 is 0.985 bits per heavy atom. The van der Waals surface area contributed by atoms with Gasteiger partial charge in [-0.1, -0.05) is 144 Å². The molecule has 0 radical (unpaired) electrons. The van der Waals surface area contributed by atoms with Crippen molar-refractivity contribution in [3.63, 3.8) is 0 Å². The molecule has 3 heteroatoms. The maximum atomic E-state index is 9.23. The Bertz CT molecular complexity index is 3130. The van der Waals surface area contributed by atoms with Gasteiger partial charge in [-0.2, -0.15) is 0 Å². The number of nitrogens with zero attached hydrogens (tertiary/aromatic N) is 2. The van der Waals surface area contributed by atoms with Gasteiger partial charge in [-0.05, 0) is 199 Å². The minimum absolute atomic E-state index is 0.0143. The summed E-state index contributed by atoms with van der Waals surface area (Å²) in [6, 6.07) is 36.8. The van der Waals surface area contributed by atoms with Crippen molar-refractivity contribution < 1.29 is 4.11 Å². The van der Waals surface area contributed by atoms with Gasteiger partial charge in [0.25, 0.3) is 6.71 Å². The molecule has 0 aromatic heterocycles. The Kier molecular flexibility index (Phi) is 8.17. The summed E-state index contributed by atoms with van der Waals surface area (Å²) in [5.41, 5.74) is 23.8. The van der Waals surface area contributed by atoms with Crippen molar-refractivity contribution in [2.24, 2.45) is 0 Å². The normalized spacial score (nSPS) is 21.4. The van der Waals surface area contributed by atoms with Gasteiger partial charge in [-0.15, -0.1) is 0 Å². The molecule has 0 spiro atoms. The van der Waals surface area contributed by atoms with Crippen LogP contribution in [0, 0.1) is 20.7 Å². The average molecular weight is 858 g/mol. The molecule has 0 bridgehead atoms. The van der Waals surface area contributed by atoms with E-state index < -0.39 is 6.85 Å². The molecule has 5 aliphatic rings. The summed E-state index contributed by atoms with van der Waals surface area (Å²) in [7, 11) is 0. The highest BCUT2D eigenvalue weighted by molar-refractivity contribution is 7.00. The fraction of sp³-hybridized carbons (Fsp3) is 0.419. The van der Waals surface area contributed by atoms with Gasteiger partial charge in [0.1, 0.15) is 0 Å². The Balaban J connectivity index is 1.30. The van der Waals surface area contributed by atoms with Gasteiger partial charge in [-0.25, -0.2) is 0 Å². The number of anilines is 6. The number of benzene rings is 6. The summed E-state index contributed by atoms with van der Waals surface area (Å²) in [5.74, 6) is 0. The largest absolute Gasteiger partial charge is 0.311 e. The van der Waals surface area contributed by atoms with Gasteiger partial charge >= 0.3 is 0 Å². The second-order valence-electron chi connectivity index (χ2n) is 24.9. The standard InChI is InChI=1S/C62H71BN2/c1-37-29-53-56-54(30-37)65(50-34-46-43(31-38(50)2)61(12,13)36-62(46,14)15)52-35-45-44(58(6,7)25-26-59(45,8)9)33-48(52)63(56)47-23-21-41(40-19-17-16-18-20-40)32-51(47)64(53)49-24-22-42-55(39(49)3)60(10,11)28-27-57(42,4)5/h16-24,29-35H,25-28,36H2,1-15H3/i1D3. The molecule has 0 atom stereocenters. The van der Waals surface area contributed by atoms with Crippen LogP contribution in [0.15, 0.2) is 97.1 Å². The molecule has 2 nitrogen and oxygen atoms in total. The van der Waals surface area contributed by atoms with Crippen LogP contribution < -0.4 is 26.2 Å². The minimum Gasteiger partial charge on any atom is -0.311 e. The number of rotatable bonds is 3. The van der Waals surface area contributed by atoms with E-state index in [9.17, 15) is 4.11 Å². The molecule has 332 valence electrons. The van der Waals surface area contributed by atoms with E-state index >= 15 is 0 Å². The fourth-order valence-electron chi connectivity index (χ4n) is 14.0. The van der Waals surface area contributed by atoms with Crippen LogP contribution in [-0.4, -0.2) is 6.71 Å². The highest BCUT2D eigenvalue weighted by atomic mass is 15.2. The predicted octanol–water partition coefficient (Wildman–Crippen LogP) is 15.0. The van der Waals surface area contributed by atoms with Crippen LogP contribution in [0.1, 0.15) is 169 Å². The maximum absolute atomic E-state index is 9.23. The molecule has 11 rings (SSSR count). The monoisotopic (exact) mass is 858 g/mol. The van der Waals surface area contributed by atoms with Crippen LogP contribution in [0.25, 0.3) is 11.1 Å². The van der Waals surface area contributed by atoms with Crippen molar-refractivity contribution in [2.75, 3.05) is 9.80 Å². The Morgan fingerprint density at radius 3 is 1.63 bits per heavy atom. The summed E-state index contributed by atoms with van der Waals surface area (Å²) < 4.78 is 27.7. The lowest BCUT2D eigenvalue weighted by atomic mass is 9.33. The van der Waals surface area contributed by atoms with Gasteiger partial charge in [0, 0.05) is 38.2 Å². The molecular weight excluding hydrogens is 784 g/mol. The van der Waals surface area contributed by atoms with E-state index in [1.54, 1.807) is 0 Å². The van der Waals surface area contributed by atoms with Gasteiger partial charge in [0.05, 0.1) is 0 Å². The number of fused-ring (bicyclic) bond motifs is 7. The van der Waals surface area contributed by atoms with Gasteiger partial charge in [0.15, 0.2) is 0 Å². The molecule has 0 unspecified atom stereocenters. The quantitative estimate of drug-likeness (QED) is 0.163. The first-order valence-electron chi connectivity index (χ1n) is 26.1. The van der Waals surface area contributed by atoms with E-state index in [0.29, 0.717) is 5.56 Å². The molecule has 65 heavy (non-hydrogen) atoms. The van der Waals surface area contributed by atoms with Crippen molar-refractivity contribution in [1.82, 2.24) is 0 Å². The van der Waals surface area contributed by atoms with Crippen molar-refractivity contribution in [3.05, 3.63) is 147 Å². The number of hydrogen-bond acceptors (Lipinski definition) is 2. The third kappa shape index (κ3) is 6.11. The maximum Gasteiger partial charge on any atom is 0.252 e. The van der Waals surface area contributed by atoms with Gasteiger partial charge < -0.3 is 9.80 Å². The first kappa shape index (κ1) is 39.2. The molecule has 6 aromatic carbocycles. The van der Waals surface area contributed by atoms with Crippen LogP contribution in [0.4, 0.5) is 34.1 Å². The molecule has 2 aliphatic heterocycles. The predicted molar refractivity (Wildman–Crippen MR) is 281 cm³/mol. The summed E-state index contributed by atoms with van der Waals surface area (Å²) >= 11 is 0. The van der Waals surface area contributed by atoms with E-state index in [0.717, 1.165) is 71.7 Å². The lowest BCUT2D eigenvalue weighted by Gasteiger charge is -2.48. The van der Waals surface area contributed by atoms with E-state index in [4.69, 9.17) is 0 Å². The lowest BCUT2D eigenvalue weighted by molar-refractivity contribution is 0.330. The second kappa shape index (κ2) is 13.5. The highest BCUT2D eigenvalue weighted by Crippen LogP contribution is 2.56. The summed E-state index contributed by atoms with van der Waals surface area (Å²) in [4.78, 5) is 5.00. The van der Waals surface area contributed by atoms with Crippen LogP contribution in [0.5, 0.6) is 0 Å². The molecule has 0 N–H and O–H groups in total. The van der Waals surface area contributed by atoms with E-state index in [1.807, 2.05) is 12.1 Å². The number of hydrogen-bond donors (Lipinski definition) is 0. The molecule has 3 aliphatic carbocycles. The minimum atomic E-state index is -2.36. The van der Waals surface area contributed by atoms with Gasteiger partial charge in [0.2, 0.25) is 0 Å². The first-order valence-corrected chi connectivity index (χ1v) is 24.6. The average Bonchev–Trinajstić information content (AvgIpc) is 3.44. The summed E-state index contributed by atoms with van der Waals surface area (Å²) in [6.45, 7) is 31.1. The zero-order valence-electron chi connectivity index (χ0n) is 44.7. The zero-order chi connectivity index (χ0) is 48.6. The number of aryl methyl sites for hydroxylation is 2. The van der Waals surface area contributed by atoms with Crippen LogP contribution in [0.3, 0.4) is 0 Å². The lowest BCUT2D eigenvalue weighted by Crippen LogP contribution is -2.62. The molecule has 0 amide bonds. The Hall–Kier alpha value is -5.02. The third-order valence-electron chi connectivity index (χ3n) is 17.5. The summed E-state index contributed by atoms with van der Waals surface area (Å²) in [5, 5.41) is 0. The van der Waals surface area contributed by atoms with Crippen molar-refractivity contribution in [3.8, 4) is 11.1 Å². The van der Waals surface area contributed by atoms with Crippen LogP contribution in [0.2, 0.25) is 0 Å². The SMILES string of the molecule is [2H]C([2H])([2H])c1cc2c3c(c1)N(c1ccc4c(c1C)C(C)(C)CCC4(C)C)c1cc(-c4ccccc4)ccc1B3c1cc3c(cc1N2c1cc2c(cc1C)C(C)(C)CC2(C)C)C(C)(C)CCC3(C)C. The van der Waals surface area contributed by atoms with Gasteiger partial charge in [-0.3, -0.25) is 0 Å². The summed E-state index contributed by atoms with van der Waals surface area (Å²) in [6.07, 6.45) is 5.54. The van der Waals surface area contributed by atoms with E-state index in [2.05, 4.69) is 192 Å². The molecule has 0 saturated carbocycles. The van der Waals surface area contributed by atoms with Crippen molar-refractivity contribution in [2.45, 2.75) is 168 Å². The van der Waals surface area contributed by atoms with Crippen LogP contribution in [-0.2, 0) is 32.5 Å². The topological polar surface area (TPSA) is 6.48 Å². The molecule has 6 aromatic rings. The third-order valence-corrected chi connectivity index (χ3v) is 17.5. The van der Waals surface area contributed by atoms with Crippen molar-refractivity contribution >= 4 is 57.2 Å². The Morgan fingerprint density at radius 1 is 0.446 bits per heavy atom.